The van der Waals surface area contributed by atoms with Crippen LogP contribution in [0.2, 0.25) is 10.0 Å². The number of halogens is 3. The third kappa shape index (κ3) is 5.11. The molecule has 0 bridgehead atoms. The summed E-state index contributed by atoms with van der Waals surface area (Å²) < 4.78 is 25.8. The molecule has 9 heteroatoms. The molecule has 0 radical (unpaired) electrons. The average molecular weight is 452 g/mol. The maximum Gasteiger partial charge on any atom is 0.245 e. The van der Waals surface area contributed by atoms with Gasteiger partial charge in [0, 0.05) is 10.2 Å². The highest BCUT2D eigenvalue weighted by Gasteiger charge is 2.21. The average Bonchev–Trinajstić information content (AvgIpc) is 2.47. The van der Waals surface area contributed by atoms with Crippen LogP contribution in [0, 0.1) is 0 Å². The third-order valence-electron chi connectivity index (χ3n) is 2.99. The smallest absolute Gasteiger partial charge is 0.245 e. The van der Waals surface area contributed by atoms with E-state index in [9.17, 15) is 13.2 Å². The van der Waals surface area contributed by atoms with E-state index in [0.29, 0.717) is 25.9 Å². The lowest BCUT2D eigenvalue weighted by atomic mass is 10.3. The number of carbonyl (C=O) groups excluding carboxylic acids is 1. The predicted molar refractivity (Wildman–Crippen MR) is 101 cm³/mol. The van der Waals surface area contributed by atoms with Crippen molar-refractivity contribution in [1.82, 2.24) is 0 Å². The minimum absolute atomic E-state index is 0.293. The van der Waals surface area contributed by atoms with Crippen LogP contribution in [-0.4, -0.2) is 27.1 Å². The molecule has 2 aromatic rings. The number of anilines is 2. The van der Waals surface area contributed by atoms with Crippen LogP contribution in [0.3, 0.4) is 0 Å². The SMILES string of the molecule is CS(=O)(=O)N(CC(=O)Nc1ccc(Cl)c(Cl)c1)c1cccc(Br)c1. The standard InChI is InChI=1S/C15H13BrCl2N2O3S/c1-24(22,23)20(12-4-2-3-10(16)7-12)9-15(21)19-11-5-6-13(17)14(18)8-11/h2-8H,9H2,1H3,(H,19,21). The van der Waals surface area contributed by atoms with Crippen molar-refractivity contribution in [3.63, 3.8) is 0 Å². The molecule has 5 nitrogen and oxygen atoms in total. The van der Waals surface area contributed by atoms with Crippen molar-refractivity contribution in [3.05, 3.63) is 57.0 Å². The molecule has 0 aliphatic rings. The maximum absolute atomic E-state index is 12.2. The Morgan fingerprint density at radius 1 is 1.17 bits per heavy atom. The molecule has 0 fully saturated rings. The van der Waals surface area contributed by atoms with Crippen molar-refractivity contribution in [3.8, 4) is 0 Å². The molecule has 0 aromatic heterocycles. The second-order valence-electron chi connectivity index (χ2n) is 4.93. The van der Waals surface area contributed by atoms with Crippen LogP contribution in [0.1, 0.15) is 0 Å². The molecular formula is C15H13BrCl2N2O3S. The van der Waals surface area contributed by atoms with E-state index in [1.165, 1.54) is 6.07 Å². The highest BCUT2D eigenvalue weighted by atomic mass is 79.9. The zero-order valence-electron chi connectivity index (χ0n) is 12.5. The van der Waals surface area contributed by atoms with Crippen LogP contribution in [0.4, 0.5) is 11.4 Å². The fraction of sp³-hybridized carbons (Fsp3) is 0.133. The number of carbonyl (C=O) groups is 1. The number of hydrogen-bond donors (Lipinski definition) is 1. The van der Waals surface area contributed by atoms with Gasteiger partial charge in [0.2, 0.25) is 15.9 Å². The molecule has 24 heavy (non-hydrogen) atoms. The molecule has 1 amide bonds. The fourth-order valence-electron chi connectivity index (χ4n) is 1.94. The highest BCUT2D eigenvalue weighted by molar-refractivity contribution is 9.10. The lowest BCUT2D eigenvalue weighted by Crippen LogP contribution is -2.37. The number of benzene rings is 2. The van der Waals surface area contributed by atoms with Crippen LogP contribution in [0.5, 0.6) is 0 Å². The Morgan fingerprint density at radius 2 is 1.88 bits per heavy atom. The third-order valence-corrected chi connectivity index (χ3v) is 5.36. The molecule has 0 spiro atoms. The Morgan fingerprint density at radius 3 is 2.46 bits per heavy atom. The molecule has 0 saturated heterocycles. The first-order chi connectivity index (χ1) is 11.2. The minimum atomic E-state index is -3.63. The van der Waals surface area contributed by atoms with E-state index in [2.05, 4.69) is 21.2 Å². The quantitative estimate of drug-likeness (QED) is 0.741. The highest BCUT2D eigenvalue weighted by Crippen LogP contribution is 2.25. The monoisotopic (exact) mass is 450 g/mol. The van der Waals surface area contributed by atoms with E-state index < -0.39 is 15.9 Å². The summed E-state index contributed by atoms with van der Waals surface area (Å²) in [7, 11) is -3.63. The number of nitrogens with zero attached hydrogens (tertiary/aromatic N) is 1. The largest absolute Gasteiger partial charge is 0.324 e. The van der Waals surface area contributed by atoms with Crippen molar-refractivity contribution < 1.29 is 13.2 Å². The summed E-state index contributed by atoms with van der Waals surface area (Å²) in [4.78, 5) is 12.2. The van der Waals surface area contributed by atoms with E-state index >= 15 is 0 Å². The molecule has 0 unspecified atom stereocenters. The lowest BCUT2D eigenvalue weighted by Gasteiger charge is -2.22. The van der Waals surface area contributed by atoms with Gasteiger partial charge in [0.1, 0.15) is 6.54 Å². The summed E-state index contributed by atoms with van der Waals surface area (Å²) in [5.74, 6) is -0.501. The van der Waals surface area contributed by atoms with Gasteiger partial charge in [0.15, 0.2) is 0 Å². The Labute approximate surface area is 158 Å². The zero-order chi connectivity index (χ0) is 17.9. The Hall–Kier alpha value is -1.28. The summed E-state index contributed by atoms with van der Waals surface area (Å²) in [6, 6.07) is 11.3. The van der Waals surface area contributed by atoms with Gasteiger partial charge in [-0.25, -0.2) is 8.42 Å². The van der Waals surface area contributed by atoms with Crippen LogP contribution >= 0.6 is 39.1 Å². The van der Waals surface area contributed by atoms with Crippen molar-refractivity contribution in [2.45, 2.75) is 0 Å². The summed E-state index contributed by atoms with van der Waals surface area (Å²) in [6.07, 6.45) is 1.04. The van der Waals surface area contributed by atoms with Gasteiger partial charge in [0.05, 0.1) is 22.0 Å². The molecular weight excluding hydrogens is 439 g/mol. The number of hydrogen-bond acceptors (Lipinski definition) is 3. The van der Waals surface area contributed by atoms with Crippen LogP contribution < -0.4 is 9.62 Å². The molecule has 128 valence electrons. The van der Waals surface area contributed by atoms with E-state index in [0.717, 1.165) is 10.6 Å². The minimum Gasteiger partial charge on any atom is -0.324 e. The van der Waals surface area contributed by atoms with Gasteiger partial charge in [-0.05, 0) is 36.4 Å². The van der Waals surface area contributed by atoms with E-state index in [1.807, 2.05) is 0 Å². The van der Waals surface area contributed by atoms with Crippen LogP contribution in [0.15, 0.2) is 46.9 Å². The number of amides is 1. The molecule has 0 aliphatic heterocycles. The summed E-state index contributed by atoms with van der Waals surface area (Å²) in [6.45, 7) is -0.366. The summed E-state index contributed by atoms with van der Waals surface area (Å²) in [5, 5.41) is 3.25. The molecule has 1 N–H and O–H groups in total. The first kappa shape index (κ1) is 19.1. The van der Waals surface area contributed by atoms with E-state index in [-0.39, 0.29) is 6.54 Å². The molecule has 2 aromatic carbocycles. The summed E-state index contributed by atoms with van der Waals surface area (Å²) >= 11 is 15.0. The Kier molecular flexibility index (Phi) is 6.14. The Bertz CT molecular complexity index is 875. The zero-order valence-corrected chi connectivity index (χ0v) is 16.4. The first-order valence-electron chi connectivity index (χ1n) is 6.65. The summed E-state index contributed by atoms with van der Waals surface area (Å²) in [5.41, 5.74) is 0.813. The van der Waals surface area contributed by atoms with Crippen molar-refractivity contribution >= 4 is 66.4 Å². The van der Waals surface area contributed by atoms with Crippen LogP contribution in [-0.2, 0) is 14.8 Å². The van der Waals surface area contributed by atoms with Crippen molar-refractivity contribution in [1.29, 1.82) is 0 Å². The number of rotatable bonds is 5. The molecule has 0 atom stereocenters. The lowest BCUT2D eigenvalue weighted by molar-refractivity contribution is -0.114. The van der Waals surface area contributed by atoms with Gasteiger partial charge >= 0.3 is 0 Å². The van der Waals surface area contributed by atoms with E-state index in [1.54, 1.807) is 36.4 Å². The number of nitrogens with one attached hydrogen (secondary N) is 1. The molecule has 0 heterocycles. The second kappa shape index (κ2) is 7.74. The Balaban J connectivity index is 2.20. The predicted octanol–water partition coefficient (Wildman–Crippen LogP) is 4.16. The van der Waals surface area contributed by atoms with Gasteiger partial charge in [-0.15, -0.1) is 0 Å². The topological polar surface area (TPSA) is 66.5 Å². The van der Waals surface area contributed by atoms with Crippen molar-refractivity contribution in [2.24, 2.45) is 0 Å². The van der Waals surface area contributed by atoms with Gasteiger partial charge < -0.3 is 5.32 Å². The van der Waals surface area contributed by atoms with Gasteiger partial charge in [-0.2, -0.15) is 0 Å². The van der Waals surface area contributed by atoms with Crippen molar-refractivity contribution in [2.75, 3.05) is 22.4 Å². The van der Waals surface area contributed by atoms with E-state index in [4.69, 9.17) is 23.2 Å². The fourth-order valence-corrected chi connectivity index (χ4v) is 3.47. The first-order valence-corrected chi connectivity index (χ1v) is 10.0. The molecule has 0 saturated carbocycles. The number of sulfonamides is 1. The second-order valence-corrected chi connectivity index (χ2v) is 8.56. The normalized spacial score (nSPS) is 11.2. The molecule has 2 rings (SSSR count). The van der Waals surface area contributed by atoms with Gasteiger partial charge in [-0.3, -0.25) is 9.10 Å². The van der Waals surface area contributed by atoms with Gasteiger partial charge in [-0.1, -0.05) is 45.2 Å². The maximum atomic E-state index is 12.2. The van der Waals surface area contributed by atoms with Crippen LogP contribution in [0.25, 0.3) is 0 Å². The molecule has 0 aliphatic carbocycles. The van der Waals surface area contributed by atoms with Gasteiger partial charge in [0.25, 0.3) is 0 Å².